The largest absolute Gasteiger partial charge is 0.349 e. The van der Waals surface area contributed by atoms with Crippen molar-refractivity contribution in [3.8, 4) is 0 Å². The van der Waals surface area contributed by atoms with Crippen molar-refractivity contribution in [3.05, 3.63) is 18.2 Å². The van der Waals surface area contributed by atoms with Crippen LogP contribution in [0, 0.1) is 5.92 Å². The van der Waals surface area contributed by atoms with Crippen molar-refractivity contribution in [2.45, 2.75) is 25.9 Å². The van der Waals surface area contributed by atoms with Gasteiger partial charge in [0.1, 0.15) is 5.82 Å². The van der Waals surface area contributed by atoms with E-state index >= 15 is 0 Å². The molecule has 0 radical (unpaired) electrons. The summed E-state index contributed by atoms with van der Waals surface area (Å²) in [5.74, 6) is -0.0122. The Bertz CT molecular complexity index is 402. The predicted molar refractivity (Wildman–Crippen MR) is 60.9 cm³/mol. The number of carbonyl (C=O) groups excluding carboxylic acids is 1. The van der Waals surface area contributed by atoms with Crippen molar-refractivity contribution in [2.75, 3.05) is 13.1 Å². The van der Waals surface area contributed by atoms with E-state index in [1.807, 2.05) is 0 Å². The molecule has 1 saturated heterocycles. The molecule has 0 aromatic carbocycles. The first-order valence-electron chi connectivity index (χ1n) is 5.97. The Morgan fingerprint density at radius 3 is 3.17 bits per heavy atom. The van der Waals surface area contributed by atoms with Gasteiger partial charge in [0, 0.05) is 18.9 Å². The van der Waals surface area contributed by atoms with Crippen LogP contribution < -0.4 is 10.6 Å². The summed E-state index contributed by atoms with van der Waals surface area (Å²) in [6, 6.07) is 0. The molecule has 1 aliphatic heterocycles. The first-order valence-corrected chi connectivity index (χ1v) is 5.97. The smallest absolute Gasteiger partial charge is 0.319 e. The Hall–Kier alpha value is -1.50. The fourth-order valence-corrected chi connectivity index (χ4v) is 2.04. The van der Waals surface area contributed by atoms with Crippen LogP contribution in [-0.4, -0.2) is 28.5 Å². The zero-order valence-corrected chi connectivity index (χ0v) is 9.90. The molecule has 2 rings (SSSR count). The second kappa shape index (κ2) is 5.90. The standard InChI is InChI=1S/C11H16F2N4O/c12-11(13)17-5-4-15-9(17)7-16-10(18)8-2-1-3-14-6-8/h4-5,8,11,14H,1-3,6-7H2,(H,16,18). The van der Waals surface area contributed by atoms with Gasteiger partial charge in [0.2, 0.25) is 5.91 Å². The third-order valence-electron chi connectivity index (χ3n) is 3.05. The van der Waals surface area contributed by atoms with E-state index in [1.165, 1.54) is 12.4 Å². The Morgan fingerprint density at radius 2 is 2.50 bits per heavy atom. The molecule has 7 heteroatoms. The Kier molecular flexibility index (Phi) is 4.24. The fraction of sp³-hybridized carbons (Fsp3) is 0.636. The number of nitrogens with one attached hydrogen (secondary N) is 2. The summed E-state index contributed by atoms with van der Waals surface area (Å²) in [5.41, 5.74) is 0. The summed E-state index contributed by atoms with van der Waals surface area (Å²) in [6.07, 6.45) is 4.30. The number of imidazole rings is 1. The average Bonchev–Trinajstić information content (AvgIpc) is 2.85. The summed E-state index contributed by atoms with van der Waals surface area (Å²) in [7, 11) is 0. The maximum Gasteiger partial charge on any atom is 0.319 e. The van der Waals surface area contributed by atoms with Crippen molar-refractivity contribution in [1.29, 1.82) is 0 Å². The number of halogens is 2. The summed E-state index contributed by atoms with van der Waals surface area (Å²) >= 11 is 0. The first-order chi connectivity index (χ1) is 8.68. The SMILES string of the molecule is O=C(NCc1nccn1C(F)F)C1CCCNC1. The van der Waals surface area contributed by atoms with Crippen LogP contribution in [0.25, 0.3) is 0 Å². The van der Waals surface area contributed by atoms with Crippen molar-refractivity contribution >= 4 is 5.91 Å². The molecular formula is C11H16F2N4O. The van der Waals surface area contributed by atoms with Gasteiger partial charge in [0.15, 0.2) is 0 Å². The number of rotatable bonds is 4. The quantitative estimate of drug-likeness (QED) is 0.843. The molecule has 1 aliphatic rings. The zero-order chi connectivity index (χ0) is 13.0. The molecule has 1 aromatic rings. The Morgan fingerprint density at radius 1 is 1.67 bits per heavy atom. The maximum absolute atomic E-state index is 12.5. The number of nitrogens with zero attached hydrogens (tertiary/aromatic N) is 2. The van der Waals surface area contributed by atoms with Gasteiger partial charge in [-0.25, -0.2) is 4.98 Å². The molecule has 2 N–H and O–H groups in total. The highest BCUT2D eigenvalue weighted by Crippen LogP contribution is 2.13. The van der Waals surface area contributed by atoms with Crippen molar-refractivity contribution in [3.63, 3.8) is 0 Å². The van der Waals surface area contributed by atoms with E-state index in [1.54, 1.807) is 0 Å². The normalized spacial score (nSPS) is 20.1. The van der Waals surface area contributed by atoms with Crippen LogP contribution in [-0.2, 0) is 11.3 Å². The van der Waals surface area contributed by atoms with Gasteiger partial charge in [0.25, 0.3) is 0 Å². The molecule has 1 aromatic heterocycles. The number of piperidine rings is 1. The van der Waals surface area contributed by atoms with Crippen LogP contribution >= 0.6 is 0 Å². The minimum atomic E-state index is -2.63. The molecule has 1 amide bonds. The number of carbonyl (C=O) groups is 1. The first kappa shape index (κ1) is 12.9. The van der Waals surface area contributed by atoms with E-state index in [9.17, 15) is 13.6 Å². The van der Waals surface area contributed by atoms with Gasteiger partial charge in [-0.1, -0.05) is 0 Å². The van der Waals surface area contributed by atoms with E-state index in [0.717, 1.165) is 24.0 Å². The van der Waals surface area contributed by atoms with Gasteiger partial charge in [-0.05, 0) is 19.4 Å². The van der Waals surface area contributed by atoms with E-state index < -0.39 is 6.55 Å². The topological polar surface area (TPSA) is 59.0 Å². The minimum Gasteiger partial charge on any atom is -0.349 e. The lowest BCUT2D eigenvalue weighted by Crippen LogP contribution is -2.40. The number of aromatic nitrogens is 2. The van der Waals surface area contributed by atoms with Crippen LogP contribution in [0.5, 0.6) is 0 Å². The molecule has 1 fully saturated rings. The van der Waals surface area contributed by atoms with Crippen molar-refractivity contribution in [1.82, 2.24) is 20.2 Å². The lowest BCUT2D eigenvalue weighted by atomic mass is 9.99. The van der Waals surface area contributed by atoms with Crippen LogP contribution in [0.3, 0.4) is 0 Å². The third kappa shape index (κ3) is 3.04. The maximum atomic E-state index is 12.5. The molecule has 0 saturated carbocycles. The molecule has 0 spiro atoms. The van der Waals surface area contributed by atoms with Gasteiger partial charge in [-0.3, -0.25) is 9.36 Å². The van der Waals surface area contributed by atoms with Gasteiger partial charge in [-0.2, -0.15) is 8.78 Å². The summed E-state index contributed by atoms with van der Waals surface area (Å²) in [6.45, 7) is -1.02. The second-order valence-corrected chi connectivity index (χ2v) is 4.29. The van der Waals surface area contributed by atoms with Gasteiger partial charge in [-0.15, -0.1) is 0 Å². The predicted octanol–water partition coefficient (Wildman–Crippen LogP) is 0.894. The Balaban J connectivity index is 1.86. The summed E-state index contributed by atoms with van der Waals surface area (Å²) in [5, 5.41) is 5.79. The minimum absolute atomic E-state index is 0.0344. The average molecular weight is 258 g/mol. The lowest BCUT2D eigenvalue weighted by molar-refractivity contribution is -0.125. The van der Waals surface area contributed by atoms with E-state index in [2.05, 4.69) is 15.6 Å². The van der Waals surface area contributed by atoms with Gasteiger partial charge < -0.3 is 10.6 Å². The third-order valence-corrected chi connectivity index (χ3v) is 3.05. The summed E-state index contributed by atoms with van der Waals surface area (Å²) in [4.78, 5) is 15.6. The lowest BCUT2D eigenvalue weighted by Gasteiger charge is -2.21. The Labute approximate surface area is 104 Å². The number of alkyl halides is 2. The molecule has 1 atom stereocenters. The van der Waals surface area contributed by atoms with E-state index in [4.69, 9.17) is 0 Å². The molecule has 100 valence electrons. The number of hydrogen-bond acceptors (Lipinski definition) is 3. The molecule has 18 heavy (non-hydrogen) atoms. The number of hydrogen-bond donors (Lipinski definition) is 2. The van der Waals surface area contributed by atoms with Crippen LogP contribution in [0.2, 0.25) is 0 Å². The van der Waals surface area contributed by atoms with E-state index in [0.29, 0.717) is 6.54 Å². The van der Waals surface area contributed by atoms with Crippen LogP contribution in [0.15, 0.2) is 12.4 Å². The number of amides is 1. The molecular weight excluding hydrogens is 242 g/mol. The summed E-state index contributed by atoms with van der Waals surface area (Å²) < 4.78 is 25.8. The fourth-order valence-electron chi connectivity index (χ4n) is 2.04. The second-order valence-electron chi connectivity index (χ2n) is 4.29. The highest BCUT2D eigenvalue weighted by molar-refractivity contribution is 5.78. The highest BCUT2D eigenvalue weighted by Gasteiger charge is 2.21. The molecule has 5 nitrogen and oxygen atoms in total. The van der Waals surface area contributed by atoms with Crippen LogP contribution in [0.1, 0.15) is 25.2 Å². The van der Waals surface area contributed by atoms with Gasteiger partial charge >= 0.3 is 6.55 Å². The molecule has 0 bridgehead atoms. The van der Waals surface area contributed by atoms with Crippen molar-refractivity contribution in [2.24, 2.45) is 5.92 Å². The zero-order valence-electron chi connectivity index (χ0n) is 9.90. The molecule has 0 aliphatic carbocycles. The van der Waals surface area contributed by atoms with Crippen LogP contribution in [0.4, 0.5) is 8.78 Å². The van der Waals surface area contributed by atoms with Gasteiger partial charge in [0.05, 0.1) is 12.5 Å². The molecule has 1 unspecified atom stereocenters. The highest BCUT2D eigenvalue weighted by atomic mass is 19.3. The van der Waals surface area contributed by atoms with E-state index in [-0.39, 0.29) is 24.2 Å². The monoisotopic (exact) mass is 258 g/mol. The van der Waals surface area contributed by atoms with Crippen molar-refractivity contribution < 1.29 is 13.6 Å². The molecule has 2 heterocycles.